The minimum absolute atomic E-state index is 0. The van der Waals surface area contributed by atoms with Gasteiger partial charge in [-0.1, -0.05) is 0 Å². The van der Waals surface area contributed by atoms with Crippen molar-refractivity contribution in [1.29, 1.82) is 0 Å². The van der Waals surface area contributed by atoms with Gasteiger partial charge in [-0.25, -0.2) is 0 Å². The Morgan fingerprint density at radius 3 is 1.43 bits per heavy atom. The van der Waals surface area contributed by atoms with E-state index in [-0.39, 0.29) is 24.0 Å². The second-order valence-corrected chi connectivity index (χ2v) is 2.71. The average Bonchev–Trinajstić information content (AvgIpc) is 1.35. The van der Waals surface area contributed by atoms with Crippen LogP contribution in [0.25, 0.3) is 0 Å². The van der Waals surface area contributed by atoms with Crippen LogP contribution in [0.2, 0.25) is 0 Å². The first-order valence-corrected chi connectivity index (χ1v) is 2.61. The molecule has 0 aliphatic carbocycles. The zero-order valence-corrected chi connectivity index (χ0v) is 8.03. The van der Waals surface area contributed by atoms with Gasteiger partial charge in [0, 0.05) is 0 Å². The molecule has 3 heteroatoms. The monoisotopic (exact) mass is 233 g/mol. The molecule has 0 aliphatic heterocycles. The average molecular weight is 233 g/mol. The second kappa shape index (κ2) is 3.97. The van der Waals surface area contributed by atoms with Crippen molar-refractivity contribution in [3.05, 3.63) is 0 Å². The molecule has 46 valence electrons. The van der Waals surface area contributed by atoms with Crippen molar-refractivity contribution in [2.24, 2.45) is 0 Å². The van der Waals surface area contributed by atoms with Gasteiger partial charge in [-0.2, -0.15) is 0 Å². The number of halogens is 1. The van der Waals surface area contributed by atoms with Crippen LogP contribution in [-0.4, -0.2) is 31.5 Å². The molecule has 0 atom stereocenters. The van der Waals surface area contributed by atoms with E-state index >= 15 is 0 Å². The standard InChI is InChI=1S/C4H11NS.HI/c1-5(2,3)4-6;/h4H2,1-3H3;1H. The van der Waals surface area contributed by atoms with Crippen LogP contribution in [0.4, 0.5) is 0 Å². The van der Waals surface area contributed by atoms with Crippen molar-refractivity contribution in [2.45, 2.75) is 0 Å². The van der Waals surface area contributed by atoms with Crippen LogP contribution in [0.1, 0.15) is 0 Å². The molecule has 0 aromatic carbocycles. The molecule has 0 heterocycles. The van der Waals surface area contributed by atoms with E-state index in [1.54, 1.807) is 0 Å². The number of rotatable bonds is 1. The molecule has 0 saturated carbocycles. The van der Waals surface area contributed by atoms with Gasteiger partial charge in [0.15, 0.2) is 0 Å². The van der Waals surface area contributed by atoms with Gasteiger partial charge >= 0.3 is 0 Å². The van der Waals surface area contributed by atoms with Gasteiger partial charge in [-0.05, 0) is 0 Å². The quantitative estimate of drug-likeness (QED) is 0.222. The SMILES string of the molecule is C[N+](C)(C)CS.[I-]. The third-order valence-electron chi connectivity index (χ3n) is 0.424. The first-order chi connectivity index (χ1) is 2.56. The zero-order valence-electron chi connectivity index (χ0n) is 4.98. The van der Waals surface area contributed by atoms with E-state index in [0.717, 1.165) is 10.4 Å². The van der Waals surface area contributed by atoms with Crippen molar-refractivity contribution < 1.29 is 28.5 Å². The molecule has 0 amide bonds. The number of nitrogens with zero attached hydrogens (tertiary/aromatic N) is 1. The number of thiol groups is 1. The summed E-state index contributed by atoms with van der Waals surface area (Å²) in [7, 11) is 6.31. The third-order valence-corrected chi connectivity index (χ3v) is 1.27. The van der Waals surface area contributed by atoms with E-state index in [1.165, 1.54) is 0 Å². The molecule has 0 saturated heterocycles. The van der Waals surface area contributed by atoms with Gasteiger partial charge < -0.3 is 28.5 Å². The topological polar surface area (TPSA) is 0 Å². The highest BCUT2D eigenvalue weighted by atomic mass is 127. The van der Waals surface area contributed by atoms with Gasteiger partial charge in [0.1, 0.15) is 5.88 Å². The molecular weight excluding hydrogens is 221 g/mol. The van der Waals surface area contributed by atoms with Crippen LogP contribution in [0, 0.1) is 0 Å². The Balaban J connectivity index is 0. The maximum Gasteiger partial charge on any atom is 0.122 e. The molecule has 0 radical (unpaired) electrons. The maximum atomic E-state index is 4.07. The zero-order chi connectivity index (χ0) is 5.21. The Hall–Kier alpha value is 1.04. The second-order valence-electron chi connectivity index (χ2n) is 2.43. The highest BCUT2D eigenvalue weighted by Crippen LogP contribution is 1.88. The van der Waals surface area contributed by atoms with Crippen LogP contribution in [0.3, 0.4) is 0 Å². The molecule has 1 nitrogen and oxygen atoms in total. The fourth-order valence-corrected chi connectivity index (χ4v) is 0. The van der Waals surface area contributed by atoms with Crippen molar-refractivity contribution in [3.8, 4) is 0 Å². The lowest BCUT2D eigenvalue weighted by Crippen LogP contribution is -3.00. The van der Waals surface area contributed by atoms with Gasteiger partial charge in [-0.15, -0.1) is 12.6 Å². The number of quaternary nitrogens is 1. The summed E-state index contributed by atoms with van der Waals surface area (Å²) in [5.41, 5.74) is 0. The summed E-state index contributed by atoms with van der Waals surface area (Å²) in [6.07, 6.45) is 0. The Morgan fingerprint density at radius 2 is 1.43 bits per heavy atom. The molecule has 0 unspecified atom stereocenters. The molecule has 0 aliphatic rings. The first-order valence-electron chi connectivity index (χ1n) is 1.97. The lowest BCUT2D eigenvalue weighted by Gasteiger charge is -2.19. The van der Waals surface area contributed by atoms with Crippen molar-refractivity contribution in [3.63, 3.8) is 0 Å². The van der Waals surface area contributed by atoms with Crippen molar-refractivity contribution in [1.82, 2.24) is 0 Å². The highest BCUT2D eigenvalue weighted by molar-refractivity contribution is 7.80. The van der Waals surface area contributed by atoms with Crippen LogP contribution in [-0.2, 0) is 0 Å². The largest absolute Gasteiger partial charge is 1.00 e. The van der Waals surface area contributed by atoms with E-state index < -0.39 is 0 Å². The summed E-state index contributed by atoms with van der Waals surface area (Å²) in [5.74, 6) is 0.903. The van der Waals surface area contributed by atoms with Crippen LogP contribution >= 0.6 is 12.6 Å². The predicted molar refractivity (Wildman–Crippen MR) is 31.9 cm³/mol. The molecule has 0 N–H and O–H groups in total. The smallest absolute Gasteiger partial charge is 0.122 e. The number of hydrogen-bond acceptors (Lipinski definition) is 1. The minimum Gasteiger partial charge on any atom is -1.00 e. The normalized spacial score (nSPS) is 10.3. The predicted octanol–water partition coefficient (Wildman–Crippen LogP) is -2.42. The van der Waals surface area contributed by atoms with E-state index in [1.807, 2.05) is 0 Å². The maximum absolute atomic E-state index is 4.07. The number of hydrogen-bond donors (Lipinski definition) is 1. The molecule has 0 aromatic rings. The first kappa shape index (κ1) is 10.9. The van der Waals surface area contributed by atoms with Crippen LogP contribution in [0.5, 0.6) is 0 Å². The van der Waals surface area contributed by atoms with Crippen molar-refractivity contribution >= 4 is 12.6 Å². The lowest BCUT2D eigenvalue weighted by molar-refractivity contribution is -0.856. The summed E-state index contributed by atoms with van der Waals surface area (Å²) >= 11 is 4.07. The van der Waals surface area contributed by atoms with Gasteiger partial charge in [0.05, 0.1) is 21.1 Å². The molecule has 0 aromatic heterocycles. The summed E-state index contributed by atoms with van der Waals surface area (Å²) in [5, 5.41) is 0. The van der Waals surface area contributed by atoms with Gasteiger partial charge in [-0.3, -0.25) is 0 Å². The Morgan fingerprint density at radius 1 is 1.29 bits per heavy atom. The fraction of sp³-hybridized carbons (Fsp3) is 1.00. The molecule has 7 heavy (non-hydrogen) atoms. The molecule has 0 bridgehead atoms. The van der Waals surface area contributed by atoms with Gasteiger partial charge in [0.25, 0.3) is 0 Å². The Kier molecular flexibility index (Phi) is 6.20. The van der Waals surface area contributed by atoms with E-state index in [9.17, 15) is 0 Å². The Bertz CT molecular complexity index is 41.4. The molecule has 0 spiro atoms. The van der Waals surface area contributed by atoms with Crippen LogP contribution in [0.15, 0.2) is 0 Å². The molecule has 0 rings (SSSR count). The summed E-state index contributed by atoms with van der Waals surface area (Å²) in [6, 6.07) is 0. The summed E-state index contributed by atoms with van der Waals surface area (Å²) in [6.45, 7) is 0. The summed E-state index contributed by atoms with van der Waals surface area (Å²) < 4.78 is 0.934. The minimum atomic E-state index is 0. The summed E-state index contributed by atoms with van der Waals surface area (Å²) in [4.78, 5) is 0. The third kappa shape index (κ3) is 11.0. The Labute approximate surface area is 68.1 Å². The lowest BCUT2D eigenvalue weighted by atomic mass is 10.8. The molecular formula is C4H12INS. The fourth-order valence-electron chi connectivity index (χ4n) is 0. The van der Waals surface area contributed by atoms with Gasteiger partial charge in [0.2, 0.25) is 0 Å². The van der Waals surface area contributed by atoms with E-state index in [0.29, 0.717) is 0 Å². The highest BCUT2D eigenvalue weighted by Gasteiger charge is 1.98. The van der Waals surface area contributed by atoms with E-state index in [4.69, 9.17) is 0 Å². The van der Waals surface area contributed by atoms with Crippen LogP contribution < -0.4 is 24.0 Å². The van der Waals surface area contributed by atoms with Crippen molar-refractivity contribution in [2.75, 3.05) is 27.0 Å². The van der Waals surface area contributed by atoms with E-state index in [2.05, 4.69) is 33.8 Å². The molecule has 0 fully saturated rings.